The highest BCUT2D eigenvalue weighted by Crippen LogP contribution is 2.20. The first-order valence-electron chi connectivity index (χ1n) is 6.44. The fourth-order valence-corrected chi connectivity index (χ4v) is 2.33. The topological polar surface area (TPSA) is 58.4 Å². The lowest BCUT2D eigenvalue weighted by Gasteiger charge is -2.39. The zero-order chi connectivity index (χ0) is 12.5. The second kappa shape index (κ2) is 4.53. The first kappa shape index (κ1) is 11.4. The van der Waals surface area contributed by atoms with E-state index in [1.165, 1.54) is 0 Å². The van der Waals surface area contributed by atoms with Gasteiger partial charge in [-0.2, -0.15) is 14.6 Å². The van der Waals surface area contributed by atoms with Crippen molar-refractivity contribution in [1.82, 2.24) is 24.9 Å². The van der Waals surface area contributed by atoms with E-state index in [4.69, 9.17) is 0 Å². The molecule has 2 aromatic rings. The molecule has 96 valence electrons. The van der Waals surface area contributed by atoms with Crippen molar-refractivity contribution in [2.24, 2.45) is 0 Å². The molecule has 1 N–H and O–H groups in total. The van der Waals surface area contributed by atoms with Crippen molar-refractivity contribution in [1.29, 1.82) is 0 Å². The molecule has 0 saturated carbocycles. The van der Waals surface area contributed by atoms with Gasteiger partial charge in [-0.1, -0.05) is 6.92 Å². The summed E-state index contributed by atoms with van der Waals surface area (Å²) in [4.78, 5) is 11.0. The maximum Gasteiger partial charge on any atom is 0.254 e. The van der Waals surface area contributed by atoms with Crippen molar-refractivity contribution < 1.29 is 0 Å². The Hall–Kier alpha value is -1.69. The lowest BCUT2D eigenvalue weighted by molar-refractivity contribution is 0.408. The first-order valence-corrected chi connectivity index (χ1v) is 6.44. The van der Waals surface area contributed by atoms with Gasteiger partial charge < -0.3 is 10.2 Å². The van der Waals surface area contributed by atoms with E-state index in [2.05, 4.69) is 38.3 Å². The van der Waals surface area contributed by atoms with Crippen molar-refractivity contribution in [3.63, 3.8) is 0 Å². The fourth-order valence-electron chi connectivity index (χ4n) is 2.33. The summed E-state index contributed by atoms with van der Waals surface area (Å²) < 4.78 is 1.83. The molecule has 0 atom stereocenters. The van der Waals surface area contributed by atoms with E-state index in [1.807, 2.05) is 11.4 Å². The summed E-state index contributed by atoms with van der Waals surface area (Å²) in [7, 11) is 0. The molecule has 0 unspecified atom stereocenters. The Bertz CT molecular complexity index is 544. The molecule has 1 aliphatic heterocycles. The third-order valence-corrected chi connectivity index (χ3v) is 3.32. The number of hydrogen-bond acceptors (Lipinski definition) is 5. The summed E-state index contributed by atoms with van der Waals surface area (Å²) >= 11 is 0. The van der Waals surface area contributed by atoms with Crippen LogP contribution in [0.2, 0.25) is 0 Å². The van der Waals surface area contributed by atoms with E-state index in [0.717, 1.165) is 37.6 Å². The molecule has 1 fully saturated rings. The largest absolute Gasteiger partial charge is 0.351 e. The van der Waals surface area contributed by atoms with Crippen LogP contribution in [0.15, 0.2) is 12.4 Å². The van der Waals surface area contributed by atoms with Crippen molar-refractivity contribution in [3.05, 3.63) is 18.1 Å². The van der Waals surface area contributed by atoms with Crippen LogP contribution in [0.4, 0.5) is 5.82 Å². The van der Waals surface area contributed by atoms with Crippen LogP contribution in [0.25, 0.3) is 5.78 Å². The standard InChI is InChI=1S/C12H18N6/c1-3-4-17(10-6-13-7-10)11-5-9(2)16-12-14-8-15-18(11)12/h5,8,10,13H,3-4,6-7H2,1-2H3. The second-order valence-electron chi connectivity index (χ2n) is 4.73. The van der Waals surface area contributed by atoms with E-state index in [1.54, 1.807) is 6.33 Å². The minimum absolute atomic E-state index is 0.555. The lowest BCUT2D eigenvalue weighted by atomic mass is 10.1. The van der Waals surface area contributed by atoms with E-state index >= 15 is 0 Å². The number of rotatable bonds is 4. The van der Waals surface area contributed by atoms with Crippen molar-refractivity contribution >= 4 is 11.6 Å². The quantitative estimate of drug-likeness (QED) is 0.857. The predicted molar refractivity (Wildman–Crippen MR) is 69.8 cm³/mol. The molecule has 18 heavy (non-hydrogen) atoms. The number of aromatic nitrogens is 4. The maximum atomic E-state index is 4.39. The smallest absolute Gasteiger partial charge is 0.254 e. The van der Waals surface area contributed by atoms with Crippen LogP contribution < -0.4 is 10.2 Å². The van der Waals surface area contributed by atoms with Gasteiger partial charge in [0.05, 0.1) is 6.04 Å². The molecule has 3 rings (SSSR count). The molecule has 6 nitrogen and oxygen atoms in total. The second-order valence-corrected chi connectivity index (χ2v) is 4.73. The van der Waals surface area contributed by atoms with E-state index in [-0.39, 0.29) is 0 Å². The van der Waals surface area contributed by atoms with Crippen molar-refractivity contribution in [2.75, 3.05) is 24.5 Å². The number of nitrogens with one attached hydrogen (secondary N) is 1. The van der Waals surface area contributed by atoms with Gasteiger partial charge in [-0.25, -0.2) is 4.98 Å². The van der Waals surface area contributed by atoms with E-state index in [9.17, 15) is 0 Å². The van der Waals surface area contributed by atoms with E-state index < -0.39 is 0 Å². The van der Waals surface area contributed by atoms with Gasteiger partial charge in [0.1, 0.15) is 12.1 Å². The average molecular weight is 246 g/mol. The Kier molecular flexibility index (Phi) is 2.87. The normalized spacial score (nSPS) is 15.9. The highest BCUT2D eigenvalue weighted by molar-refractivity contribution is 5.48. The highest BCUT2D eigenvalue weighted by atomic mass is 15.4. The molecule has 0 aromatic carbocycles. The maximum absolute atomic E-state index is 4.39. The fraction of sp³-hybridized carbons (Fsp3) is 0.583. The van der Waals surface area contributed by atoms with Crippen LogP contribution in [0, 0.1) is 6.92 Å². The molecule has 1 saturated heterocycles. The van der Waals surface area contributed by atoms with Crippen molar-refractivity contribution in [3.8, 4) is 0 Å². The van der Waals surface area contributed by atoms with Gasteiger partial charge >= 0.3 is 0 Å². The zero-order valence-electron chi connectivity index (χ0n) is 10.8. The predicted octanol–water partition coefficient (Wildman–Crippen LogP) is 0.621. The molecule has 0 spiro atoms. The number of hydrogen-bond donors (Lipinski definition) is 1. The molecule has 0 bridgehead atoms. The minimum atomic E-state index is 0.555. The molecular weight excluding hydrogens is 228 g/mol. The van der Waals surface area contributed by atoms with Crippen LogP contribution in [0.5, 0.6) is 0 Å². The summed E-state index contributed by atoms with van der Waals surface area (Å²) in [5, 5.41) is 7.61. The lowest BCUT2D eigenvalue weighted by Crippen LogP contribution is -2.58. The number of anilines is 1. The zero-order valence-corrected chi connectivity index (χ0v) is 10.8. The highest BCUT2D eigenvalue weighted by Gasteiger charge is 2.26. The van der Waals surface area contributed by atoms with E-state index in [0.29, 0.717) is 11.8 Å². The van der Waals surface area contributed by atoms with Gasteiger partial charge in [0.25, 0.3) is 5.78 Å². The Labute approximate surface area is 106 Å². The van der Waals surface area contributed by atoms with Gasteiger partial charge in [0, 0.05) is 31.4 Å². The third kappa shape index (κ3) is 1.82. The molecular formula is C12H18N6. The Morgan fingerprint density at radius 1 is 1.50 bits per heavy atom. The Morgan fingerprint density at radius 2 is 2.33 bits per heavy atom. The van der Waals surface area contributed by atoms with Gasteiger partial charge in [0.15, 0.2) is 0 Å². The van der Waals surface area contributed by atoms with Crippen LogP contribution >= 0.6 is 0 Å². The van der Waals surface area contributed by atoms with Crippen LogP contribution in [0.3, 0.4) is 0 Å². The third-order valence-electron chi connectivity index (χ3n) is 3.32. The summed E-state index contributed by atoms with van der Waals surface area (Å²) in [6.07, 6.45) is 2.68. The summed E-state index contributed by atoms with van der Waals surface area (Å²) in [5.41, 5.74) is 0.985. The molecule has 6 heteroatoms. The number of nitrogens with zero attached hydrogens (tertiary/aromatic N) is 5. The number of fused-ring (bicyclic) bond motifs is 1. The Morgan fingerprint density at radius 3 is 3.00 bits per heavy atom. The minimum Gasteiger partial charge on any atom is -0.351 e. The monoisotopic (exact) mass is 246 g/mol. The molecule has 0 radical (unpaired) electrons. The summed E-state index contributed by atoms with van der Waals surface area (Å²) in [6, 6.07) is 2.65. The van der Waals surface area contributed by atoms with Crippen LogP contribution in [0.1, 0.15) is 19.0 Å². The van der Waals surface area contributed by atoms with Gasteiger partial charge in [-0.15, -0.1) is 0 Å². The Balaban J connectivity index is 2.06. The van der Waals surface area contributed by atoms with Crippen LogP contribution in [-0.4, -0.2) is 45.3 Å². The summed E-state index contributed by atoms with van der Waals surface area (Å²) in [5.74, 6) is 1.78. The molecule has 2 aromatic heterocycles. The molecule has 1 aliphatic rings. The SMILES string of the molecule is CCCN(c1cc(C)nc2ncnn12)C1CNC1. The number of aryl methyl sites for hydroxylation is 1. The first-order chi connectivity index (χ1) is 8.79. The van der Waals surface area contributed by atoms with Gasteiger partial charge in [-0.3, -0.25) is 0 Å². The van der Waals surface area contributed by atoms with Gasteiger partial charge in [-0.05, 0) is 13.3 Å². The van der Waals surface area contributed by atoms with Crippen LogP contribution in [-0.2, 0) is 0 Å². The van der Waals surface area contributed by atoms with Gasteiger partial charge in [0.2, 0.25) is 0 Å². The summed E-state index contributed by atoms with van der Waals surface area (Å²) in [6.45, 7) is 7.31. The molecule has 3 heterocycles. The molecule has 0 amide bonds. The average Bonchev–Trinajstić information content (AvgIpc) is 2.72. The van der Waals surface area contributed by atoms with Crippen molar-refractivity contribution in [2.45, 2.75) is 26.3 Å². The molecule has 0 aliphatic carbocycles.